The number of nitrogen functional groups attached to an aromatic ring is 1. The van der Waals surface area contributed by atoms with Crippen molar-refractivity contribution < 1.29 is 14.3 Å². The standard InChI is InChI=1S/C13H12BrNO3S/c1-17-13(16)8-2-3-11(10(15)6-8)18-7-12-9(14)4-5-19-12/h2-6H,7,15H2,1H3. The van der Waals surface area contributed by atoms with Crippen LogP contribution in [0.15, 0.2) is 34.1 Å². The number of hydrogen-bond acceptors (Lipinski definition) is 5. The maximum atomic E-state index is 11.3. The van der Waals surface area contributed by atoms with Crippen LogP contribution in [-0.4, -0.2) is 13.1 Å². The summed E-state index contributed by atoms with van der Waals surface area (Å²) in [7, 11) is 1.33. The highest BCUT2D eigenvalue weighted by Gasteiger charge is 2.09. The molecule has 2 N–H and O–H groups in total. The van der Waals surface area contributed by atoms with Crippen molar-refractivity contribution >= 4 is 38.9 Å². The molecular formula is C13H12BrNO3S. The van der Waals surface area contributed by atoms with Crippen LogP contribution in [0.3, 0.4) is 0 Å². The molecule has 1 aromatic heterocycles. The summed E-state index contributed by atoms with van der Waals surface area (Å²) in [5.74, 6) is 0.132. The number of ether oxygens (including phenoxy) is 2. The lowest BCUT2D eigenvalue weighted by Gasteiger charge is -2.09. The fraction of sp³-hybridized carbons (Fsp3) is 0.154. The second-order valence-corrected chi connectivity index (χ2v) is 5.58. The number of halogens is 1. The first kappa shape index (κ1) is 13.9. The number of carbonyl (C=O) groups is 1. The van der Waals surface area contributed by atoms with Crippen LogP contribution in [0.25, 0.3) is 0 Å². The quantitative estimate of drug-likeness (QED) is 0.683. The van der Waals surface area contributed by atoms with E-state index in [1.54, 1.807) is 29.5 Å². The summed E-state index contributed by atoms with van der Waals surface area (Å²) < 4.78 is 11.3. The normalized spacial score (nSPS) is 10.2. The van der Waals surface area contributed by atoms with E-state index in [1.165, 1.54) is 7.11 Å². The molecule has 0 aliphatic heterocycles. The fourth-order valence-corrected chi connectivity index (χ4v) is 2.87. The van der Waals surface area contributed by atoms with Gasteiger partial charge in [0.25, 0.3) is 0 Å². The first-order valence-corrected chi connectivity index (χ1v) is 7.11. The van der Waals surface area contributed by atoms with Gasteiger partial charge in [-0.3, -0.25) is 0 Å². The lowest BCUT2D eigenvalue weighted by molar-refractivity contribution is 0.0601. The number of hydrogen-bond donors (Lipinski definition) is 1. The van der Waals surface area contributed by atoms with Gasteiger partial charge in [0.05, 0.1) is 23.2 Å². The van der Waals surface area contributed by atoms with Crippen molar-refractivity contribution in [1.82, 2.24) is 0 Å². The molecular weight excluding hydrogens is 330 g/mol. The highest BCUT2D eigenvalue weighted by Crippen LogP contribution is 2.27. The predicted octanol–water partition coefficient (Wildman–Crippen LogP) is 3.46. The van der Waals surface area contributed by atoms with Gasteiger partial charge in [-0.05, 0) is 45.6 Å². The summed E-state index contributed by atoms with van der Waals surface area (Å²) in [4.78, 5) is 12.4. The van der Waals surface area contributed by atoms with Gasteiger partial charge >= 0.3 is 5.97 Å². The molecule has 0 fully saturated rings. The molecule has 2 aromatic rings. The van der Waals surface area contributed by atoms with E-state index in [0.29, 0.717) is 23.6 Å². The highest BCUT2D eigenvalue weighted by atomic mass is 79.9. The molecule has 0 saturated heterocycles. The monoisotopic (exact) mass is 341 g/mol. The number of rotatable bonds is 4. The van der Waals surface area contributed by atoms with Crippen LogP contribution in [0.1, 0.15) is 15.2 Å². The van der Waals surface area contributed by atoms with Gasteiger partial charge in [0.2, 0.25) is 0 Å². The minimum absolute atomic E-state index is 0.407. The maximum absolute atomic E-state index is 11.3. The second-order valence-electron chi connectivity index (χ2n) is 3.72. The van der Waals surface area contributed by atoms with Gasteiger partial charge in [-0.1, -0.05) is 0 Å². The topological polar surface area (TPSA) is 61.5 Å². The van der Waals surface area contributed by atoms with Crippen molar-refractivity contribution in [3.8, 4) is 5.75 Å². The van der Waals surface area contributed by atoms with Gasteiger partial charge in [0, 0.05) is 4.47 Å². The van der Waals surface area contributed by atoms with Crippen LogP contribution < -0.4 is 10.5 Å². The maximum Gasteiger partial charge on any atom is 0.337 e. The zero-order valence-corrected chi connectivity index (χ0v) is 12.6. The van der Waals surface area contributed by atoms with E-state index in [9.17, 15) is 4.79 Å². The number of carbonyl (C=O) groups excluding carboxylic acids is 1. The Hall–Kier alpha value is -1.53. The zero-order valence-electron chi connectivity index (χ0n) is 10.2. The Morgan fingerprint density at radius 2 is 2.21 bits per heavy atom. The molecule has 0 aliphatic carbocycles. The van der Waals surface area contributed by atoms with Crippen LogP contribution in [0.5, 0.6) is 5.75 Å². The smallest absolute Gasteiger partial charge is 0.337 e. The average molecular weight is 342 g/mol. The SMILES string of the molecule is COC(=O)c1ccc(OCc2sccc2Br)c(N)c1. The van der Waals surface area contributed by atoms with Crippen molar-refractivity contribution in [3.63, 3.8) is 0 Å². The van der Waals surface area contributed by atoms with Crippen molar-refractivity contribution in [2.24, 2.45) is 0 Å². The van der Waals surface area contributed by atoms with E-state index < -0.39 is 5.97 Å². The molecule has 6 heteroatoms. The molecule has 0 unspecified atom stereocenters. The number of thiophene rings is 1. The Bertz CT molecular complexity index is 597. The van der Waals surface area contributed by atoms with Gasteiger partial charge in [-0.15, -0.1) is 11.3 Å². The molecule has 4 nitrogen and oxygen atoms in total. The average Bonchev–Trinajstić information content (AvgIpc) is 2.82. The van der Waals surface area contributed by atoms with Crippen molar-refractivity contribution in [3.05, 3.63) is 44.6 Å². The lowest BCUT2D eigenvalue weighted by atomic mass is 10.2. The van der Waals surface area contributed by atoms with Gasteiger partial charge in [-0.2, -0.15) is 0 Å². The first-order valence-electron chi connectivity index (χ1n) is 5.44. The number of nitrogens with two attached hydrogens (primary N) is 1. The van der Waals surface area contributed by atoms with Crippen molar-refractivity contribution in [2.45, 2.75) is 6.61 Å². The molecule has 0 bridgehead atoms. The highest BCUT2D eigenvalue weighted by molar-refractivity contribution is 9.10. The molecule has 1 aromatic carbocycles. The minimum atomic E-state index is -0.417. The minimum Gasteiger partial charge on any atom is -0.486 e. The Balaban J connectivity index is 2.09. The Morgan fingerprint density at radius 1 is 1.42 bits per heavy atom. The number of esters is 1. The molecule has 1 heterocycles. The molecule has 0 radical (unpaired) electrons. The molecule has 0 amide bonds. The van der Waals surface area contributed by atoms with Crippen LogP contribution in [0.4, 0.5) is 5.69 Å². The van der Waals surface area contributed by atoms with Gasteiger partial charge in [-0.25, -0.2) is 4.79 Å². The summed E-state index contributed by atoms with van der Waals surface area (Å²) in [6.45, 7) is 0.431. The van der Waals surface area contributed by atoms with E-state index in [4.69, 9.17) is 10.5 Å². The van der Waals surface area contributed by atoms with Crippen LogP contribution in [0.2, 0.25) is 0 Å². The van der Waals surface area contributed by atoms with Gasteiger partial charge < -0.3 is 15.2 Å². The third-order valence-electron chi connectivity index (χ3n) is 2.48. The predicted molar refractivity (Wildman–Crippen MR) is 78.5 cm³/mol. The van der Waals surface area contributed by atoms with Gasteiger partial charge in [0.15, 0.2) is 0 Å². The summed E-state index contributed by atoms with van der Waals surface area (Å²) in [6.07, 6.45) is 0. The third kappa shape index (κ3) is 3.27. The lowest BCUT2D eigenvalue weighted by Crippen LogP contribution is -2.04. The molecule has 0 atom stereocenters. The van der Waals surface area contributed by atoms with Crippen molar-refractivity contribution in [2.75, 3.05) is 12.8 Å². The largest absolute Gasteiger partial charge is 0.486 e. The number of anilines is 1. The molecule has 0 spiro atoms. The summed E-state index contributed by atoms with van der Waals surface area (Å²) in [5.41, 5.74) is 6.67. The molecule has 19 heavy (non-hydrogen) atoms. The Kier molecular flexibility index (Phi) is 4.44. The van der Waals surface area contributed by atoms with E-state index in [0.717, 1.165) is 9.35 Å². The summed E-state index contributed by atoms with van der Waals surface area (Å²) in [6, 6.07) is 6.81. The van der Waals surface area contributed by atoms with Gasteiger partial charge in [0.1, 0.15) is 12.4 Å². The summed E-state index contributed by atoms with van der Waals surface area (Å²) in [5, 5.41) is 1.98. The Morgan fingerprint density at radius 3 is 2.79 bits per heavy atom. The van der Waals surface area contributed by atoms with E-state index >= 15 is 0 Å². The van der Waals surface area contributed by atoms with Crippen LogP contribution in [-0.2, 0) is 11.3 Å². The van der Waals surface area contributed by atoms with E-state index in [-0.39, 0.29) is 0 Å². The van der Waals surface area contributed by atoms with Crippen LogP contribution in [0, 0.1) is 0 Å². The fourth-order valence-electron chi connectivity index (χ4n) is 1.50. The van der Waals surface area contributed by atoms with E-state index in [2.05, 4.69) is 20.7 Å². The molecule has 100 valence electrons. The molecule has 0 aliphatic rings. The molecule has 0 saturated carbocycles. The van der Waals surface area contributed by atoms with E-state index in [1.807, 2.05) is 11.4 Å². The Labute approximate surface area is 123 Å². The number of methoxy groups -OCH3 is 1. The second kappa shape index (κ2) is 6.08. The first-order chi connectivity index (χ1) is 9.11. The van der Waals surface area contributed by atoms with Crippen molar-refractivity contribution in [1.29, 1.82) is 0 Å². The third-order valence-corrected chi connectivity index (χ3v) is 4.38. The number of benzene rings is 1. The molecule has 2 rings (SSSR count). The zero-order chi connectivity index (χ0) is 13.8. The van der Waals surface area contributed by atoms with Crippen LogP contribution >= 0.6 is 27.3 Å². The summed E-state index contributed by atoms with van der Waals surface area (Å²) >= 11 is 5.04.